The first-order chi connectivity index (χ1) is 8.02. The van der Waals surface area contributed by atoms with Crippen LogP contribution in [0.4, 0.5) is 0 Å². The zero-order valence-corrected chi connectivity index (χ0v) is 13.5. The number of hydrogen-bond donors (Lipinski definition) is 0. The molecule has 0 aromatic heterocycles. The summed E-state index contributed by atoms with van der Waals surface area (Å²) in [4.78, 5) is 0. The van der Waals surface area contributed by atoms with E-state index in [1.165, 1.54) is 0 Å². The fraction of sp³-hybridized carbons (Fsp3) is 1.00. The van der Waals surface area contributed by atoms with Gasteiger partial charge in [-0.1, -0.05) is 20.3 Å². The van der Waals surface area contributed by atoms with E-state index < -0.39 is 39.3 Å². The zero-order valence-electron chi connectivity index (χ0n) is 10.2. The van der Waals surface area contributed by atoms with Crippen molar-refractivity contribution in [2.45, 2.75) is 33.1 Å². The van der Waals surface area contributed by atoms with Crippen LogP contribution in [-0.2, 0) is 39.3 Å². The van der Waals surface area contributed by atoms with Gasteiger partial charge in [0.2, 0.25) is 0 Å². The minimum atomic E-state index is -1.25. The third-order valence-electron chi connectivity index (χ3n) is 2.01. The van der Waals surface area contributed by atoms with Gasteiger partial charge in [-0.25, -0.2) is 16.8 Å². The molecule has 0 radical (unpaired) electrons. The van der Waals surface area contributed by atoms with Crippen molar-refractivity contribution in [1.82, 2.24) is 0 Å². The van der Waals surface area contributed by atoms with E-state index in [9.17, 15) is 16.8 Å². The van der Waals surface area contributed by atoms with Crippen molar-refractivity contribution < 1.29 is 16.8 Å². The van der Waals surface area contributed by atoms with Gasteiger partial charge in [-0.2, -0.15) is 0 Å². The van der Waals surface area contributed by atoms with Crippen LogP contribution >= 0.6 is 0 Å². The van der Waals surface area contributed by atoms with Crippen LogP contribution in [0.25, 0.3) is 0 Å². The fourth-order valence-electron chi connectivity index (χ4n) is 1.07. The summed E-state index contributed by atoms with van der Waals surface area (Å²) in [6.45, 7) is 3.49. The predicted molar refractivity (Wildman–Crippen MR) is 77.2 cm³/mol. The van der Waals surface area contributed by atoms with E-state index in [0.29, 0.717) is 35.9 Å². The number of unbranched alkanes of at least 4 members (excludes halogenated alkanes) is 2. The molecule has 4 atom stereocenters. The highest BCUT2D eigenvalue weighted by Crippen LogP contribution is 2.03. The summed E-state index contributed by atoms with van der Waals surface area (Å²) in [5, 5.41) is 0. The summed E-state index contributed by atoms with van der Waals surface area (Å²) < 4.78 is 44.9. The average Bonchev–Trinajstić information content (AvgIpc) is 2.35. The summed E-state index contributed by atoms with van der Waals surface area (Å²) in [6.07, 6.45) is 2.22. The van der Waals surface area contributed by atoms with Gasteiger partial charge in [-0.3, -0.25) is 0 Å². The molecule has 0 saturated heterocycles. The quantitative estimate of drug-likeness (QED) is 0.445. The fourth-order valence-corrected chi connectivity index (χ4v) is 6.24. The second kappa shape index (κ2) is 10.5. The molecule has 0 aromatic rings. The lowest BCUT2D eigenvalue weighted by molar-refractivity contribution is 0.669. The Hall–Kier alpha value is 0.600. The van der Waals surface area contributed by atoms with Crippen molar-refractivity contribution in [3.05, 3.63) is 0 Å². The Morgan fingerprint density at radius 2 is 0.941 bits per heavy atom. The lowest BCUT2D eigenvalue weighted by atomic mass is 10.3. The van der Waals surface area contributed by atoms with Gasteiger partial charge in [-0.15, -0.1) is 0 Å². The molecule has 0 aliphatic rings. The van der Waals surface area contributed by atoms with Gasteiger partial charge in [0.15, 0.2) is 0 Å². The molecule has 0 spiro atoms. The molecule has 104 valence electrons. The van der Waals surface area contributed by atoms with E-state index in [1.54, 1.807) is 13.8 Å². The molecule has 0 aromatic carbocycles. The van der Waals surface area contributed by atoms with Crippen LogP contribution in [0.1, 0.15) is 33.1 Å². The van der Waals surface area contributed by atoms with Crippen LogP contribution in [0.5, 0.6) is 0 Å². The number of hydrogen-bond acceptors (Lipinski definition) is 4. The molecular formula is C9H20O4S4. The highest BCUT2D eigenvalue weighted by atomic mass is 33.1. The lowest BCUT2D eigenvalue weighted by Crippen LogP contribution is -2.08. The van der Waals surface area contributed by atoms with E-state index in [0.717, 1.165) is 6.42 Å². The smallest absolute Gasteiger partial charge is 0.110 e. The molecule has 0 amide bonds. The summed E-state index contributed by atoms with van der Waals surface area (Å²) in [6, 6.07) is 0. The second-order valence-corrected chi connectivity index (χ2v) is 12.1. The van der Waals surface area contributed by atoms with Gasteiger partial charge >= 0.3 is 0 Å². The third-order valence-corrected chi connectivity index (χ3v) is 9.93. The van der Waals surface area contributed by atoms with E-state index >= 15 is 0 Å². The van der Waals surface area contributed by atoms with Gasteiger partial charge < -0.3 is 0 Å². The molecule has 0 aliphatic carbocycles. The van der Waals surface area contributed by atoms with Crippen molar-refractivity contribution >= 4 is 39.3 Å². The first-order valence-corrected chi connectivity index (χ1v) is 11.9. The molecule has 17 heavy (non-hydrogen) atoms. The van der Waals surface area contributed by atoms with Crippen molar-refractivity contribution in [3.63, 3.8) is 0 Å². The summed E-state index contributed by atoms with van der Waals surface area (Å²) in [7, 11) is -4.97. The molecule has 0 aliphatic heterocycles. The van der Waals surface area contributed by atoms with Crippen molar-refractivity contribution in [2.24, 2.45) is 0 Å². The number of rotatable bonds is 10. The first kappa shape index (κ1) is 17.6. The van der Waals surface area contributed by atoms with Gasteiger partial charge in [0.25, 0.3) is 0 Å². The molecule has 8 heteroatoms. The van der Waals surface area contributed by atoms with Crippen LogP contribution in [0, 0.1) is 0 Å². The summed E-state index contributed by atoms with van der Waals surface area (Å²) >= 11 is 0. The largest absolute Gasteiger partial charge is 0.246 e. The highest BCUT2D eigenvalue weighted by molar-refractivity contribution is 8.61. The van der Waals surface area contributed by atoms with E-state index in [2.05, 4.69) is 0 Å². The molecule has 0 bridgehead atoms. The molecular weight excluding hydrogens is 300 g/mol. The maximum Gasteiger partial charge on any atom is 0.110 e. The molecule has 0 fully saturated rings. The van der Waals surface area contributed by atoms with Gasteiger partial charge in [0.1, 0.15) is 39.3 Å². The molecule has 4 nitrogen and oxygen atoms in total. The maximum absolute atomic E-state index is 11.3. The molecule has 0 saturated carbocycles. The van der Waals surface area contributed by atoms with Crippen LogP contribution in [0.15, 0.2) is 0 Å². The molecule has 4 unspecified atom stereocenters. The lowest BCUT2D eigenvalue weighted by Gasteiger charge is -2.01. The third kappa shape index (κ3) is 8.34. The minimum absolute atomic E-state index is 0.423. The van der Waals surface area contributed by atoms with Gasteiger partial charge in [0, 0.05) is 23.0 Å². The summed E-state index contributed by atoms with van der Waals surface area (Å²) in [5.41, 5.74) is 0. The van der Waals surface area contributed by atoms with Crippen LogP contribution in [-0.4, -0.2) is 39.8 Å². The second-order valence-electron chi connectivity index (χ2n) is 3.26. The topological polar surface area (TPSA) is 68.3 Å². The first-order valence-electron chi connectivity index (χ1n) is 5.57. The Morgan fingerprint density at radius 1 is 0.588 bits per heavy atom. The zero-order chi connectivity index (χ0) is 13.3. The van der Waals surface area contributed by atoms with E-state index in [-0.39, 0.29) is 0 Å². The Kier molecular flexibility index (Phi) is 10.9. The van der Waals surface area contributed by atoms with Gasteiger partial charge in [-0.05, 0) is 12.8 Å². The predicted octanol–water partition coefficient (Wildman–Crippen LogP) is 1.02. The average molecular weight is 321 g/mol. The molecule has 0 N–H and O–H groups in total. The van der Waals surface area contributed by atoms with Crippen molar-refractivity contribution in [3.8, 4) is 0 Å². The maximum atomic E-state index is 11.3. The van der Waals surface area contributed by atoms with Crippen molar-refractivity contribution in [2.75, 3.05) is 23.0 Å². The highest BCUT2D eigenvalue weighted by Gasteiger charge is 2.08. The van der Waals surface area contributed by atoms with Crippen molar-refractivity contribution in [1.29, 1.82) is 0 Å². The summed E-state index contributed by atoms with van der Waals surface area (Å²) in [5.74, 6) is 1.71. The van der Waals surface area contributed by atoms with E-state index in [4.69, 9.17) is 0 Å². The van der Waals surface area contributed by atoms with Crippen LogP contribution in [0.2, 0.25) is 0 Å². The Labute approximate surface area is 112 Å². The van der Waals surface area contributed by atoms with Crippen LogP contribution in [0.3, 0.4) is 0 Å². The normalized spacial score (nSPS) is 18.5. The Morgan fingerprint density at radius 3 is 1.24 bits per heavy atom. The Balaban J connectivity index is 3.60. The van der Waals surface area contributed by atoms with E-state index in [1.807, 2.05) is 0 Å². The molecule has 0 rings (SSSR count). The molecule has 0 heterocycles. The standard InChI is InChI=1S/C9H20O4S4/c1-3-14(10)16(12)8-6-5-7-9-17(13)15(11)4-2/h3-9H2,1-2H3. The monoisotopic (exact) mass is 320 g/mol. The van der Waals surface area contributed by atoms with Crippen LogP contribution < -0.4 is 0 Å². The van der Waals surface area contributed by atoms with Gasteiger partial charge in [0.05, 0.1) is 0 Å². The SMILES string of the molecule is CCS(=O)S(=O)CCCCCS(=O)S(=O)CC. The Bertz CT molecular complexity index is 286. The minimum Gasteiger partial charge on any atom is -0.246 e.